The van der Waals surface area contributed by atoms with Gasteiger partial charge in [-0.3, -0.25) is 0 Å². The molecular formula is C16H20O4. The van der Waals surface area contributed by atoms with E-state index in [-0.39, 0.29) is 11.7 Å². The minimum atomic E-state index is -0.390. The first-order chi connectivity index (χ1) is 9.52. The Morgan fingerprint density at radius 1 is 1.35 bits per heavy atom. The fraction of sp³-hybridized carbons (Fsp3) is 0.312. The van der Waals surface area contributed by atoms with Gasteiger partial charge in [0.05, 0.1) is 13.7 Å². The maximum absolute atomic E-state index is 11.5. The van der Waals surface area contributed by atoms with E-state index in [1.807, 2.05) is 19.9 Å². The molecule has 0 aliphatic carbocycles. The van der Waals surface area contributed by atoms with Crippen LogP contribution in [0.2, 0.25) is 0 Å². The fourth-order valence-electron chi connectivity index (χ4n) is 1.52. The van der Waals surface area contributed by atoms with Crippen LogP contribution in [0.15, 0.2) is 35.9 Å². The normalized spacial score (nSPS) is 10.3. The third-order valence-electron chi connectivity index (χ3n) is 2.53. The quantitative estimate of drug-likeness (QED) is 0.375. The minimum absolute atomic E-state index is 0.0638. The summed E-state index contributed by atoms with van der Waals surface area (Å²) in [5, 5.41) is 9.45. The van der Waals surface area contributed by atoms with Gasteiger partial charge < -0.3 is 14.6 Å². The van der Waals surface area contributed by atoms with E-state index in [0.717, 1.165) is 12.0 Å². The number of ether oxygens (including phenoxy) is 2. The number of allylic oxidation sites excluding steroid dienone is 1. The summed E-state index contributed by atoms with van der Waals surface area (Å²) < 4.78 is 10.0. The molecule has 0 aromatic heterocycles. The second kappa shape index (κ2) is 8.04. The number of rotatable bonds is 6. The van der Waals surface area contributed by atoms with Gasteiger partial charge in [-0.1, -0.05) is 17.7 Å². The number of phenols is 1. The molecule has 0 radical (unpaired) electrons. The average Bonchev–Trinajstić information content (AvgIpc) is 2.42. The maximum atomic E-state index is 11.5. The van der Waals surface area contributed by atoms with E-state index >= 15 is 0 Å². The Labute approximate surface area is 119 Å². The van der Waals surface area contributed by atoms with Crippen LogP contribution in [0.3, 0.4) is 0 Å². The second-order valence-corrected chi connectivity index (χ2v) is 4.50. The van der Waals surface area contributed by atoms with Crippen molar-refractivity contribution in [3.63, 3.8) is 0 Å². The third-order valence-corrected chi connectivity index (χ3v) is 2.53. The minimum Gasteiger partial charge on any atom is -0.504 e. The van der Waals surface area contributed by atoms with Gasteiger partial charge in [0.2, 0.25) is 0 Å². The van der Waals surface area contributed by atoms with Crippen LogP contribution in [-0.4, -0.2) is 24.8 Å². The molecule has 4 heteroatoms. The molecule has 0 aliphatic rings. The first-order valence-electron chi connectivity index (χ1n) is 6.38. The first kappa shape index (κ1) is 15.8. The number of hydrogen-bond acceptors (Lipinski definition) is 4. The molecule has 20 heavy (non-hydrogen) atoms. The standard InChI is InChI=1S/C16H20O4/c1-12(2)5-4-10-20-16(18)9-7-13-6-8-14(17)15(11-13)19-3/h5-9,11,17H,4,10H2,1-3H3/b9-7+. The molecule has 0 spiro atoms. The van der Waals surface area contributed by atoms with Crippen molar-refractivity contribution in [2.24, 2.45) is 0 Å². The van der Waals surface area contributed by atoms with Crippen molar-refractivity contribution >= 4 is 12.0 Å². The maximum Gasteiger partial charge on any atom is 0.330 e. The summed E-state index contributed by atoms with van der Waals surface area (Å²) in [7, 11) is 1.47. The number of benzene rings is 1. The number of carbonyl (C=O) groups excluding carboxylic acids is 1. The molecular weight excluding hydrogens is 256 g/mol. The van der Waals surface area contributed by atoms with Gasteiger partial charge in [0.25, 0.3) is 0 Å². The van der Waals surface area contributed by atoms with Gasteiger partial charge in [-0.15, -0.1) is 0 Å². The molecule has 4 nitrogen and oxygen atoms in total. The van der Waals surface area contributed by atoms with Gasteiger partial charge in [0.1, 0.15) is 0 Å². The van der Waals surface area contributed by atoms with Gasteiger partial charge in [-0.05, 0) is 44.0 Å². The summed E-state index contributed by atoms with van der Waals surface area (Å²) in [6.07, 6.45) is 5.70. The average molecular weight is 276 g/mol. The van der Waals surface area contributed by atoms with Crippen molar-refractivity contribution in [3.8, 4) is 11.5 Å². The van der Waals surface area contributed by atoms with Crippen LogP contribution in [0, 0.1) is 0 Å². The van der Waals surface area contributed by atoms with E-state index < -0.39 is 0 Å². The highest BCUT2D eigenvalue weighted by atomic mass is 16.5. The number of aromatic hydroxyl groups is 1. The molecule has 0 amide bonds. The number of hydrogen-bond donors (Lipinski definition) is 1. The highest BCUT2D eigenvalue weighted by molar-refractivity contribution is 5.87. The molecule has 0 saturated heterocycles. The highest BCUT2D eigenvalue weighted by Crippen LogP contribution is 2.26. The van der Waals surface area contributed by atoms with Crippen LogP contribution in [-0.2, 0) is 9.53 Å². The summed E-state index contributed by atoms with van der Waals surface area (Å²) in [5.41, 5.74) is 1.95. The monoisotopic (exact) mass is 276 g/mol. The van der Waals surface area contributed by atoms with Gasteiger partial charge in [-0.2, -0.15) is 0 Å². The zero-order valence-corrected chi connectivity index (χ0v) is 12.1. The third kappa shape index (κ3) is 5.61. The van der Waals surface area contributed by atoms with Gasteiger partial charge in [0, 0.05) is 6.08 Å². The van der Waals surface area contributed by atoms with Crippen LogP contribution in [0.25, 0.3) is 6.08 Å². The fourth-order valence-corrected chi connectivity index (χ4v) is 1.52. The molecule has 0 atom stereocenters. The van der Waals surface area contributed by atoms with Crippen LogP contribution < -0.4 is 4.74 Å². The van der Waals surface area contributed by atoms with E-state index in [1.54, 1.807) is 18.2 Å². The van der Waals surface area contributed by atoms with Crippen molar-refractivity contribution < 1.29 is 19.4 Å². The summed E-state index contributed by atoms with van der Waals surface area (Å²) in [6.45, 7) is 4.37. The van der Waals surface area contributed by atoms with Crippen LogP contribution in [0.5, 0.6) is 11.5 Å². The predicted octanol–water partition coefficient (Wildman–Crippen LogP) is 3.31. The Kier molecular flexibility index (Phi) is 6.37. The lowest BCUT2D eigenvalue weighted by Crippen LogP contribution is -2.01. The van der Waals surface area contributed by atoms with Gasteiger partial charge in [0.15, 0.2) is 11.5 Å². The molecule has 1 N–H and O–H groups in total. The molecule has 0 unspecified atom stereocenters. The predicted molar refractivity (Wildman–Crippen MR) is 78.7 cm³/mol. The highest BCUT2D eigenvalue weighted by Gasteiger charge is 2.01. The molecule has 0 saturated carbocycles. The smallest absolute Gasteiger partial charge is 0.330 e. The largest absolute Gasteiger partial charge is 0.504 e. The zero-order valence-electron chi connectivity index (χ0n) is 12.1. The second-order valence-electron chi connectivity index (χ2n) is 4.50. The van der Waals surface area contributed by atoms with E-state index in [9.17, 15) is 9.90 Å². The Bertz CT molecular complexity index is 511. The Morgan fingerprint density at radius 3 is 2.75 bits per heavy atom. The van der Waals surface area contributed by atoms with Crippen molar-refractivity contribution in [1.82, 2.24) is 0 Å². The van der Waals surface area contributed by atoms with E-state index in [1.165, 1.54) is 24.8 Å². The number of carbonyl (C=O) groups is 1. The number of esters is 1. The molecule has 0 heterocycles. The molecule has 1 aromatic carbocycles. The summed E-state index contributed by atoms with van der Waals surface area (Å²) >= 11 is 0. The Hall–Kier alpha value is -2.23. The summed E-state index contributed by atoms with van der Waals surface area (Å²) in [6, 6.07) is 4.84. The van der Waals surface area contributed by atoms with Crippen LogP contribution in [0.4, 0.5) is 0 Å². The first-order valence-corrected chi connectivity index (χ1v) is 6.38. The van der Waals surface area contributed by atoms with Gasteiger partial charge >= 0.3 is 5.97 Å². The summed E-state index contributed by atoms with van der Waals surface area (Å²) in [4.78, 5) is 11.5. The van der Waals surface area contributed by atoms with Crippen molar-refractivity contribution in [1.29, 1.82) is 0 Å². The lowest BCUT2D eigenvalue weighted by molar-refractivity contribution is -0.137. The van der Waals surface area contributed by atoms with Gasteiger partial charge in [-0.25, -0.2) is 4.79 Å². The Balaban J connectivity index is 2.51. The zero-order chi connectivity index (χ0) is 15.0. The van der Waals surface area contributed by atoms with E-state index in [2.05, 4.69) is 0 Å². The lowest BCUT2D eigenvalue weighted by atomic mass is 10.2. The molecule has 108 valence electrons. The molecule has 0 aliphatic heterocycles. The van der Waals surface area contributed by atoms with E-state index in [4.69, 9.17) is 9.47 Å². The molecule has 1 rings (SSSR count). The lowest BCUT2D eigenvalue weighted by Gasteiger charge is -2.03. The van der Waals surface area contributed by atoms with Crippen LogP contribution >= 0.6 is 0 Å². The van der Waals surface area contributed by atoms with Crippen LogP contribution in [0.1, 0.15) is 25.8 Å². The van der Waals surface area contributed by atoms with E-state index in [0.29, 0.717) is 12.4 Å². The number of phenolic OH excluding ortho intramolecular Hbond substituents is 1. The Morgan fingerprint density at radius 2 is 2.10 bits per heavy atom. The van der Waals surface area contributed by atoms with Crippen molar-refractivity contribution in [3.05, 3.63) is 41.5 Å². The topological polar surface area (TPSA) is 55.8 Å². The van der Waals surface area contributed by atoms with Crippen molar-refractivity contribution in [2.45, 2.75) is 20.3 Å². The summed E-state index contributed by atoms with van der Waals surface area (Å²) in [5.74, 6) is 0.0391. The molecule has 1 aromatic rings. The molecule has 0 fully saturated rings. The SMILES string of the molecule is COc1cc(/C=C/C(=O)OCCC=C(C)C)ccc1O. The van der Waals surface area contributed by atoms with Crippen molar-refractivity contribution in [2.75, 3.05) is 13.7 Å². The molecule has 0 bridgehead atoms. The number of methoxy groups -OCH3 is 1.